The van der Waals surface area contributed by atoms with Crippen molar-refractivity contribution in [1.82, 2.24) is 20.9 Å². The Morgan fingerprint density at radius 2 is 1.81 bits per heavy atom. The first-order chi connectivity index (χ1) is 12.7. The van der Waals surface area contributed by atoms with Crippen molar-refractivity contribution in [3.05, 3.63) is 0 Å². The molecule has 0 saturated carbocycles. The molecule has 2 aliphatic heterocycles. The molecule has 2 saturated heterocycles. The zero-order chi connectivity index (χ0) is 20.1. The molecule has 2 fully saturated rings. The van der Waals surface area contributed by atoms with E-state index in [-0.39, 0.29) is 18.5 Å². The van der Waals surface area contributed by atoms with Crippen molar-refractivity contribution in [1.29, 1.82) is 0 Å². The summed E-state index contributed by atoms with van der Waals surface area (Å²) in [5.41, 5.74) is 0. The summed E-state index contributed by atoms with van der Waals surface area (Å²) in [5, 5.41) is 27.2. The summed E-state index contributed by atoms with van der Waals surface area (Å²) in [4.78, 5) is 49.6. The zero-order valence-corrected chi connectivity index (χ0v) is 15.6. The van der Waals surface area contributed by atoms with Crippen LogP contribution in [0, 0.1) is 0 Å². The molecule has 0 aromatic carbocycles. The Bertz CT molecular complexity index is 590. The lowest BCUT2D eigenvalue weighted by molar-refractivity contribution is -0.150. The van der Waals surface area contributed by atoms with Crippen LogP contribution in [0.3, 0.4) is 0 Å². The highest BCUT2D eigenvalue weighted by molar-refractivity contribution is 5.94. The van der Waals surface area contributed by atoms with Crippen molar-refractivity contribution < 1.29 is 29.4 Å². The van der Waals surface area contributed by atoms with Crippen molar-refractivity contribution >= 4 is 23.7 Å². The lowest BCUT2D eigenvalue weighted by Crippen LogP contribution is -2.59. The summed E-state index contributed by atoms with van der Waals surface area (Å²) >= 11 is 0. The molecule has 5 atom stereocenters. The second-order valence-corrected chi connectivity index (χ2v) is 7.13. The maximum absolute atomic E-state index is 12.7. The number of carbonyl (C=O) groups excluding carboxylic acids is 3. The first-order valence-corrected chi connectivity index (χ1v) is 9.28. The third-order valence-corrected chi connectivity index (χ3v) is 5.00. The number of carboxylic acid groups (broad SMARTS) is 1. The number of likely N-dealkylation sites (tertiary alicyclic amines) is 1. The van der Waals surface area contributed by atoms with Crippen molar-refractivity contribution in [2.75, 3.05) is 13.1 Å². The SMILES string of the molecule is CC(NC(=O)C1CCCN1)C(=O)NC(C(=O)N1CCCC1C(=O)O)C(C)O. The zero-order valence-electron chi connectivity index (χ0n) is 15.6. The van der Waals surface area contributed by atoms with Crippen LogP contribution in [0.15, 0.2) is 0 Å². The van der Waals surface area contributed by atoms with Gasteiger partial charge in [-0.25, -0.2) is 4.79 Å². The van der Waals surface area contributed by atoms with Gasteiger partial charge >= 0.3 is 5.97 Å². The number of carbonyl (C=O) groups is 4. The van der Waals surface area contributed by atoms with Crippen molar-refractivity contribution in [2.24, 2.45) is 0 Å². The standard InChI is InChI=1S/C17H28N4O6/c1-9(19-15(24)11-5-3-7-18-11)14(23)20-13(10(2)22)16(25)21-8-4-6-12(21)17(26)27/h9-13,18,22H,3-8H2,1-2H3,(H,19,24)(H,20,23)(H,26,27). The number of aliphatic hydroxyl groups excluding tert-OH is 1. The molecule has 0 spiro atoms. The number of carboxylic acids is 1. The van der Waals surface area contributed by atoms with E-state index >= 15 is 0 Å². The highest BCUT2D eigenvalue weighted by Gasteiger charge is 2.39. The monoisotopic (exact) mass is 384 g/mol. The minimum Gasteiger partial charge on any atom is -0.480 e. The van der Waals surface area contributed by atoms with Crippen LogP contribution in [0.4, 0.5) is 0 Å². The lowest BCUT2D eigenvalue weighted by atomic mass is 10.1. The number of amides is 3. The molecular weight excluding hydrogens is 356 g/mol. The van der Waals surface area contributed by atoms with Gasteiger partial charge < -0.3 is 31.1 Å². The third-order valence-electron chi connectivity index (χ3n) is 5.00. The fraction of sp³-hybridized carbons (Fsp3) is 0.765. The van der Waals surface area contributed by atoms with E-state index < -0.39 is 42.0 Å². The van der Waals surface area contributed by atoms with Gasteiger partial charge in [0.1, 0.15) is 18.1 Å². The van der Waals surface area contributed by atoms with Gasteiger partial charge in [-0.05, 0) is 46.1 Å². The first kappa shape index (κ1) is 21.1. The Morgan fingerprint density at radius 3 is 2.37 bits per heavy atom. The molecular formula is C17H28N4O6. The molecule has 10 heteroatoms. The molecule has 0 radical (unpaired) electrons. The second-order valence-electron chi connectivity index (χ2n) is 7.13. The number of aliphatic hydroxyl groups is 1. The maximum atomic E-state index is 12.7. The van der Waals surface area contributed by atoms with E-state index in [2.05, 4.69) is 16.0 Å². The van der Waals surface area contributed by atoms with E-state index in [9.17, 15) is 29.4 Å². The Hall–Kier alpha value is -2.20. The number of nitrogens with one attached hydrogen (secondary N) is 3. The van der Waals surface area contributed by atoms with Crippen LogP contribution in [-0.2, 0) is 19.2 Å². The van der Waals surface area contributed by atoms with Gasteiger partial charge in [-0.2, -0.15) is 0 Å². The fourth-order valence-electron chi connectivity index (χ4n) is 3.42. The van der Waals surface area contributed by atoms with Gasteiger partial charge in [0.25, 0.3) is 0 Å². The number of aliphatic carboxylic acids is 1. The molecule has 0 aromatic heterocycles. The van der Waals surface area contributed by atoms with Crippen molar-refractivity contribution in [2.45, 2.75) is 69.8 Å². The van der Waals surface area contributed by atoms with Crippen LogP contribution in [0.5, 0.6) is 0 Å². The molecule has 5 unspecified atom stereocenters. The van der Waals surface area contributed by atoms with Crippen LogP contribution in [0.1, 0.15) is 39.5 Å². The van der Waals surface area contributed by atoms with E-state index in [0.717, 1.165) is 13.0 Å². The number of rotatable bonds is 7. The molecule has 5 N–H and O–H groups in total. The molecule has 2 rings (SSSR count). The molecule has 0 bridgehead atoms. The van der Waals surface area contributed by atoms with Gasteiger partial charge in [-0.15, -0.1) is 0 Å². The highest BCUT2D eigenvalue weighted by atomic mass is 16.4. The van der Waals surface area contributed by atoms with Gasteiger partial charge in [-0.1, -0.05) is 0 Å². The lowest BCUT2D eigenvalue weighted by Gasteiger charge is -2.29. The Morgan fingerprint density at radius 1 is 1.11 bits per heavy atom. The minimum absolute atomic E-state index is 0.258. The molecule has 0 aliphatic carbocycles. The summed E-state index contributed by atoms with van der Waals surface area (Å²) in [6.45, 7) is 3.84. The van der Waals surface area contributed by atoms with E-state index in [1.54, 1.807) is 0 Å². The molecule has 10 nitrogen and oxygen atoms in total. The van der Waals surface area contributed by atoms with Crippen LogP contribution < -0.4 is 16.0 Å². The van der Waals surface area contributed by atoms with E-state index in [1.807, 2.05) is 0 Å². The average molecular weight is 384 g/mol. The van der Waals surface area contributed by atoms with Gasteiger partial charge in [0.15, 0.2) is 0 Å². The van der Waals surface area contributed by atoms with Crippen molar-refractivity contribution in [3.8, 4) is 0 Å². The van der Waals surface area contributed by atoms with Gasteiger partial charge in [0, 0.05) is 6.54 Å². The first-order valence-electron chi connectivity index (χ1n) is 9.28. The summed E-state index contributed by atoms with van der Waals surface area (Å²) < 4.78 is 0. The molecule has 2 aliphatic rings. The fourth-order valence-corrected chi connectivity index (χ4v) is 3.42. The number of hydrogen-bond donors (Lipinski definition) is 5. The van der Waals surface area contributed by atoms with Crippen LogP contribution in [0.2, 0.25) is 0 Å². The van der Waals surface area contributed by atoms with E-state index in [0.29, 0.717) is 19.3 Å². The molecule has 152 valence electrons. The summed E-state index contributed by atoms with van der Waals surface area (Å²) in [5.74, 6) is -2.66. The molecule has 2 heterocycles. The third kappa shape index (κ3) is 5.16. The normalized spacial score (nSPS) is 25.5. The maximum Gasteiger partial charge on any atom is 0.326 e. The quantitative estimate of drug-likeness (QED) is 0.347. The molecule has 3 amide bonds. The van der Waals surface area contributed by atoms with Crippen LogP contribution in [0.25, 0.3) is 0 Å². The number of nitrogens with zero attached hydrogens (tertiary/aromatic N) is 1. The molecule has 27 heavy (non-hydrogen) atoms. The highest BCUT2D eigenvalue weighted by Crippen LogP contribution is 2.19. The van der Waals surface area contributed by atoms with E-state index in [4.69, 9.17) is 0 Å². The van der Waals surface area contributed by atoms with Gasteiger partial charge in [0.2, 0.25) is 17.7 Å². The second kappa shape index (κ2) is 9.14. The topological polar surface area (TPSA) is 148 Å². The predicted octanol–water partition coefficient (Wildman–Crippen LogP) is -1.82. The van der Waals surface area contributed by atoms with Crippen LogP contribution in [-0.4, -0.2) is 82.2 Å². The summed E-state index contributed by atoms with van der Waals surface area (Å²) in [6, 6.07) is -3.47. The number of hydrogen-bond acceptors (Lipinski definition) is 6. The predicted molar refractivity (Wildman–Crippen MR) is 94.6 cm³/mol. The largest absolute Gasteiger partial charge is 0.480 e. The summed E-state index contributed by atoms with van der Waals surface area (Å²) in [6.07, 6.45) is 1.25. The van der Waals surface area contributed by atoms with Crippen molar-refractivity contribution in [3.63, 3.8) is 0 Å². The van der Waals surface area contributed by atoms with Gasteiger partial charge in [-0.3, -0.25) is 14.4 Å². The summed E-state index contributed by atoms with van der Waals surface area (Å²) in [7, 11) is 0. The Kier molecular flexibility index (Phi) is 7.14. The molecule has 0 aromatic rings. The Balaban J connectivity index is 1.97. The van der Waals surface area contributed by atoms with Crippen LogP contribution >= 0.6 is 0 Å². The smallest absolute Gasteiger partial charge is 0.326 e. The Labute approximate surface area is 157 Å². The minimum atomic E-state index is -1.28. The average Bonchev–Trinajstić information content (AvgIpc) is 3.29. The van der Waals surface area contributed by atoms with E-state index in [1.165, 1.54) is 18.7 Å². The van der Waals surface area contributed by atoms with Gasteiger partial charge in [0.05, 0.1) is 12.1 Å².